The number of hydrogen-bond donors (Lipinski definition) is 0. The normalized spacial score (nSPS) is 15.3. The molecule has 0 atom stereocenters. The zero-order valence-corrected chi connectivity index (χ0v) is 10.4. The maximum absolute atomic E-state index is 12.1. The number of fused-ring (bicyclic) bond motifs is 1. The first-order valence-electron chi connectivity index (χ1n) is 5.99. The number of aromatic nitrogens is 2. The van der Waals surface area contributed by atoms with Crippen LogP contribution in [0.1, 0.15) is 25.1 Å². The smallest absolute Gasteiger partial charge is 0.254 e. The molecule has 0 spiro atoms. The predicted octanol–water partition coefficient (Wildman–Crippen LogP) is 2.70. The van der Waals surface area contributed by atoms with Gasteiger partial charge in [0, 0.05) is 19.0 Å². The van der Waals surface area contributed by atoms with Crippen LogP contribution in [0.25, 0.3) is 10.6 Å². The molecule has 88 valence electrons. The summed E-state index contributed by atoms with van der Waals surface area (Å²) < 4.78 is 1.84. The molecular formula is C13H14N2OS. The van der Waals surface area contributed by atoms with E-state index in [0.717, 1.165) is 42.2 Å². The topological polar surface area (TPSA) is 34.9 Å². The average molecular weight is 246 g/mol. The van der Waals surface area contributed by atoms with E-state index in [1.165, 1.54) is 6.42 Å². The highest BCUT2D eigenvalue weighted by Crippen LogP contribution is 2.22. The van der Waals surface area contributed by atoms with Gasteiger partial charge >= 0.3 is 0 Å². The second kappa shape index (κ2) is 4.45. The standard InChI is InChI=1S/C13H14N2OS/c16-13-9-10(11-5-4-8-17-11)14-12-6-2-1-3-7-15(12)13/h4-5,8-9H,1-3,6-7H2. The van der Waals surface area contributed by atoms with Gasteiger partial charge < -0.3 is 0 Å². The van der Waals surface area contributed by atoms with Gasteiger partial charge in [-0.15, -0.1) is 11.3 Å². The lowest BCUT2D eigenvalue weighted by molar-refractivity contribution is 0.609. The predicted molar refractivity (Wildman–Crippen MR) is 69.4 cm³/mol. The molecular weight excluding hydrogens is 232 g/mol. The fourth-order valence-electron chi connectivity index (χ4n) is 2.26. The highest BCUT2D eigenvalue weighted by molar-refractivity contribution is 7.13. The van der Waals surface area contributed by atoms with Crippen LogP contribution in [0.15, 0.2) is 28.4 Å². The van der Waals surface area contributed by atoms with Crippen molar-refractivity contribution >= 4 is 11.3 Å². The molecule has 0 bridgehead atoms. The molecule has 4 heteroatoms. The van der Waals surface area contributed by atoms with Crippen LogP contribution < -0.4 is 5.56 Å². The SMILES string of the molecule is O=c1cc(-c2cccs2)nc2n1CCCCC2. The van der Waals surface area contributed by atoms with Crippen LogP contribution in [0.4, 0.5) is 0 Å². The van der Waals surface area contributed by atoms with E-state index < -0.39 is 0 Å². The molecule has 0 radical (unpaired) electrons. The van der Waals surface area contributed by atoms with Gasteiger partial charge in [0.15, 0.2) is 0 Å². The largest absolute Gasteiger partial charge is 0.297 e. The first-order chi connectivity index (χ1) is 8.34. The average Bonchev–Trinajstić information content (AvgIpc) is 2.75. The van der Waals surface area contributed by atoms with Crippen molar-refractivity contribution in [3.05, 3.63) is 39.8 Å². The fourth-order valence-corrected chi connectivity index (χ4v) is 2.95. The molecule has 0 amide bonds. The van der Waals surface area contributed by atoms with Crippen LogP contribution in [0, 0.1) is 0 Å². The number of nitrogens with zero attached hydrogens (tertiary/aromatic N) is 2. The molecule has 2 aromatic heterocycles. The van der Waals surface area contributed by atoms with Gasteiger partial charge in [-0.3, -0.25) is 9.36 Å². The summed E-state index contributed by atoms with van der Waals surface area (Å²) in [5, 5.41) is 2.01. The van der Waals surface area contributed by atoms with E-state index in [1.54, 1.807) is 17.4 Å². The Kier molecular flexibility index (Phi) is 2.81. The van der Waals surface area contributed by atoms with E-state index in [9.17, 15) is 4.79 Å². The molecule has 0 aromatic carbocycles. The summed E-state index contributed by atoms with van der Waals surface area (Å²) in [5.41, 5.74) is 0.929. The summed E-state index contributed by atoms with van der Waals surface area (Å²) in [6, 6.07) is 5.67. The van der Waals surface area contributed by atoms with E-state index in [-0.39, 0.29) is 5.56 Å². The van der Waals surface area contributed by atoms with E-state index in [1.807, 2.05) is 22.1 Å². The Balaban J connectivity index is 2.12. The van der Waals surface area contributed by atoms with Crippen molar-refractivity contribution in [2.24, 2.45) is 0 Å². The Bertz CT molecular complexity index is 572. The van der Waals surface area contributed by atoms with Crippen molar-refractivity contribution in [3.8, 4) is 10.6 Å². The number of rotatable bonds is 1. The molecule has 2 aromatic rings. The van der Waals surface area contributed by atoms with E-state index in [4.69, 9.17) is 0 Å². The molecule has 3 rings (SSSR count). The fraction of sp³-hybridized carbons (Fsp3) is 0.385. The van der Waals surface area contributed by atoms with E-state index >= 15 is 0 Å². The quantitative estimate of drug-likeness (QED) is 0.775. The first-order valence-corrected chi connectivity index (χ1v) is 6.87. The molecule has 0 fully saturated rings. The van der Waals surface area contributed by atoms with Crippen molar-refractivity contribution in [1.29, 1.82) is 0 Å². The summed E-state index contributed by atoms with van der Waals surface area (Å²) in [5.74, 6) is 0.957. The van der Waals surface area contributed by atoms with Gasteiger partial charge in [0.25, 0.3) is 5.56 Å². The van der Waals surface area contributed by atoms with Gasteiger partial charge in [0.2, 0.25) is 0 Å². The van der Waals surface area contributed by atoms with Crippen LogP contribution in [-0.4, -0.2) is 9.55 Å². The van der Waals surface area contributed by atoms with Crippen LogP contribution in [-0.2, 0) is 13.0 Å². The van der Waals surface area contributed by atoms with E-state index in [2.05, 4.69) is 4.98 Å². The summed E-state index contributed by atoms with van der Waals surface area (Å²) in [6.45, 7) is 0.825. The lowest BCUT2D eigenvalue weighted by Gasteiger charge is -2.09. The highest BCUT2D eigenvalue weighted by atomic mass is 32.1. The lowest BCUT2D eigenvalue weighted by Crippen LogP contribution is -2.23. The Morgan fingerprint density at radius 3 is 3.06 bits per heavy atom. The van der Waals surface area contributed by atoms with Crippen LogP contribution in [0.2, 0.25) is 0 Å². The van der Waals surface area contributed by atoms with Crippen molar-refractivity contribution in [2.45, 2.75) is 32.2 Å². The molecule has 0 saturated carbocycles. The number of hydrogen-bond acceptors (Lipinski definition) is 3. The minimum atomic E-state index is 0.0975. The minimum absolute atomic E-state index is 0.0975. The maximum Gasteiger partial charge on any atom is 0.254 e. The zero-order chi connectivity index (χ0) is 11.7. The zero-order valence-electron chi connectivity index (χ0n) is 9.56. The summed E-state index contributed by atoms with van der Waals surface area (Å²) in [7, 11) is 0. The maximum atomic E-state index is 12.1. The Morgan fingerprint density at radius 1 is 1.29 bits per heavy atom. The van der Waals surface area contributed by atoms with Crippen LogP contribution in [0.5, 0.6) is 0 Å². The van der Waals surface area contributed by atoms with Gasteiger partial charge in [-0.25, -0.2) is 4.98 Å². The van der Waals surface area contributed by atoms with Gasteiger partial charge in [-0.1, -0.05) is 12.5 Å². The third-order valence-electron chi connectivity index (χ3n) is 3.14. The molecule has 1 aliphatic rings. The van der Waals surface area contributed by atoms with Gasteiger partial charge in [-0.2, -0.15) is 0 Å². The number of thiophene rings is 1. The van der Waals surface area contributed by atoms with Crippen molar-refractivity contribution in [1.82, 2.24) is 9.55 Å². The molecule has 0 aliphatic carbocycles. The van der Waals surface area contributed by atoms with Gasteiger partial charge in [0.1, 0.15) is 5.82 Å². The molecule has 3 heterocycles. The van der Waals surface area contributed by atoms with Crippen molar-refractivity contribution < 1.29 is 0 Å². The molecule has 17 heavy (non-hydrogen) atoms. The van der Waals surface area contributed by atoms with Gasteiger partial charge in [0.05, 0.1) is 10.6 Å². The molecule has 0 N–H and O–H groups in total. The second-order valence-corrected chi connectivity index (χ2v) is 5.28. The summed E-state index contributed by atoms with van der Waals surface area (Å²) in [4.78, 5) is 17.8. The lowest BCUT2D eigenvalue weighted by atomic mass is 10.2. The molecule has 0 saturated heterocycles. The molecule has 1 aliphatic heterocycles. The van der Waals surface area contributed by atoms with Crippen LogP contribution >= 0.6 is 11.3 Å². The Morgan fingerprint density at radius 2 is 2.24 bits per heavy atom. The molecule has 0 unspecified atom stereocenters. The third-order valence-corrected chi connectivity index (χ3v) is 4.04. The van der Waals surface area contributed by atoms with Crippen LogP contribution in [0.3, 0.4) is 0 Å². The monoisotopic (exact) mass is 246 g/mol. The summed E-state index contributed by atoms with van der Waals surface area (Å²) in [6.07, 6.45) is 4.35. The Hall–Kier alpha value is -1.42. The van der Waals surface area contributed by atoms with E-state index in [0.29, 0.717) is 0 Å². The molecule has 3 nitrogen and oxygen atoms in total. The Labute approximate surface area is 104 Å². The second-order valence-electron chi connectivity index (χ2n) is 4.34. The minimum Gasteiger partial charge on any atom is -0.297 e. The van der Waals surface area contributed by atoms with Gasteiger partial charge in [-0.05, 0) is 24.3 Å². The first kappa shape index (κ1) is 10.7. The highest BCUT2D eigenvalue weighted by Gasteiger charge is 2.12. The summed E-state index contributed by atoms with van der Waals surface area (Å²) >= 11 is 1.63. The van der Waals surface area contributed by atoms with Crippen molar-refractivity contribution in [3.63, 3.8) is 0 Å². The van der Waals surface area contributed by atoms with Crippen molar-refractivity contribution in [2.75, 3.05) is 0 Å². The third kappa shape index (κ3) is 2.05. The number of aryl methyl sites for hydroxylation is 1.